The number of amides is 1. The van der Waals surface area contributed by atoms with Crippen LogP contribution in [0, 0.1) is 0 Å². The summed E-state index contributed by atoms with van der Waals surface area (Å²) in [5.41, 5.74) is 2.44. The van der Waals surface area contributed by atoms with Crippen LogP contribution in [0.25, 0.3) is 0 Å². The fourth-order valence-corrected chi connectivity index (χ4v) is 3.48. The van der Waals surface area contributed by atoms with Gasteiger partial charge in [-0.25, -0.2) is 0 Å². The molecule has 0 aliphatic rings. The van der Waals surface area contributed by atoms with Gasteiger partial charge in [-0.1, -0.05) is 38.1 Å². The van der Waals surface area contributed by atoms with Crippen molar-refractivity contribution in [3.8, 4) is 11.5 Å². The standard InChI is InChI=1S/C26H26BrNO4/c1-18(2)20-12-15-24(23(27)17-20)31-16-6-9-25(29)32-22-13-10-19(11-14-22)26(30)28-21-7-4-3-5-8-21/h3-5,7-8,10-15,17-18H,6,9,16H2,1-2H3,(H,28,30). The average molecular weight is 496 g/mol. The van der Waals surface area contributed by atoms with Crippen molar-refractivity contribution in [2.24, 2.45) is 0 Å². The molecule has 5 nitrogen and oxygen atoms in total. The molecule has 32 heavy (non-hydrogen) atoms. The first-order chi connectivity index (χ1) is 15.4. The molecule has 0 aromatic heterocycles. The Kier molecular flexibility index (Phi) is 8.45. The number of para-hydroxylation sites is 1. The van der Waals surface area contributed by atoms with Crippen LogP contribution in [0.15, 0.2) is 77.3 Å². The van der Waals surface area contributed by atoms with Crippen LogP contribution in [0.2, 0.25) is 0 Å². The maximum absolute atomic E-state index is 12.3. The summed E-state index contributed by atoms with van der Waals surface area (Å²) in [5.74, 6) is 1.04. The summed E-state index contributed by atoms with van der Waals surface area (Å²) in [6.45, 7) is 4.69. The van der Waals surface area contributed by atoms with Crippen LogP contribution in [0.3, 0.4) is 0 Å². The Labute approximate surface area is 196 Å². The van der Waals surface area contributed by atoms with E-state index in [1.165, 1.54) is 5.56 Å². The van der Waals surface area contributed by atoms with Crippen molar-refractivity contribution >= 4 is 33.5 Å². The van der Waals surface area contributed by atoms with Crippen molar-refractivity contribution < 1.29 is 19.1 Å². The highest BCUT2D eigenvalue weighted by atomic mass is 79.9. The zero-order chi connectivity index (χ0) is 22.9. The van der Waals surface area contributed by atoms with E-state index in [1.807, 2.05) is 42.5 Å². The molecular formula is C26H26BrNO4. The largest absolute Gasteiger partial charge is 0.492 e. The van der Waals surface area contributed by atoms with Crippen molar-refractivity contribution in [1.82, 2.24) is 0 Å². The van der Waals surface area contributed by atoms with E-state index in [1.54, 1.807) is 24.3 Å². The zero-order valence-corrected chi connectivity index (χ0v) is 19.7. The Bertz CT molecular complexity index is 1050. The molecule has 0 atom stereocenters. The number of rotatable bonds is 9. The normalized spacial score (nSPS) is 10.6. The number of carbonyl (C=O) groups is 2. The maximum atomic E-state index is 12.3. The molecule has 1 N–H and O–H groups in total. The van der Waals surface area contributed by atoms with E-state index in [0.717, 1.165) is 15.9 Å². The number of nitrogens with one attached hydrogen (secondary N) is 1. The summed E-state index contributed by atoms with van der Waals surface area (Å²) in [5, 5.41) is 2.81. The van der Waals surface area contributed by atoms with E-state index in [2.05, 4.69) is 41.2 Å². The number of esters is 1. The van der Waals surface area contributed by atoms with Gasteiger partial charge in [0.2, 0.25) is 0 Å². The second-order valence-electron chi connectivity index (χ2n) is 7.62. The van der Waals surface area contributed by atoms with Crippen LogP contribution < -0.4 is 14.8 Å². The van der Waals surface area contributed by atoms with Crippen molar-refractivity contribution in [3.05, 3.63) is 88.4 Å². The SMILES string of the molecule is CC(C)c1ccc(OCCCC(=O)Oc2ccc(C(=O)Nc3ccccc3)cc2)c(Br)c1. The number of ether oxygens (including phenoxy) is 2. The average Bonchev–Trinajstić information content (AvgIpc) is 2.78. The maximum Gasteiger partial charge on any atom is 0.311 e. The summed E-state index contributed by atoms with van der Waals surface area (Å²) in [6, 6.07) is 21.7. The van der Waals surface area contributed by atoms with Gasteiger partial charge in [0.05, 0.1) is 11.1 Å². The summed E-state index contributed by atoms with van der Waals surface area (Å²) < 4.78 is 12.0. The smallest absolute Gasteiger partial charge is 0.311 e. The highest BCUT2D eigenvalue weighted by Crippen LogP contribution is 2.29. The van der Waals surface area contributed by atoms with Gasteiger partial charge < -0.3 is 14.8 Å². The van der Waals surface area contributed by atoms with Gasteiger partial charge in [0.1, 0.15) is 11.5 Å². The van der Waals surface area contributed by atoms with E-state index in [0.29, 0.717) is 30.3 Å². The lowest BCUT2D eigenvalue weighted by Gasteiger charge is -2.11. The fraction of sp³-hybridized carbons (Fsp3) is 0.231. The van der Waals surface area contributed by atoms with Crippen LogP contribution in [-0.4, -0.2) is 18.5 Å². The molecule has 3 rings (SSSR count). The summed E-state index contributed by atoms with van der Waals surface area (Å²) in [4.78, 5) is 24.4. The predicted molar refractivity (Wildman–Crippen MR) is 129 cm³/mol. The molecule has 0 saturated heterocycles. The Morgan fingerprint density at radius 3 is 2.34 bits per heavy atom. The highest BCUT2D eigenvalue weighted by Gasteiger charge is 2.10. The van der Waals surface area contributed by atoms with Crippen molar-refractivity contribution in [3.63, 3.8) is 0 Å². The zero-order valence-electron chi connectivity index (χ0n) is 18.1. The number of carbonyl (C=O) groups excluding carboxylic acids is 2. The minimum Gasteiger partial charge on any atom is -0.492 e. The fourth-order valence-electron chi connectivity index (χ4n) is 2.97. The van der Waals surface area contributed by atoms with Crippen molar-refractivity contribution in [2.75, 3.05) is 11.9 Å². The van der Waals surface area contributed by atoms with Gasteiger partial charge in [0.25, 0.3) is 5.91 Å². The molecule has 0 heterocycles. The topological polar surface area (TPSA) is 64.6 Å². The third-order valence-corrected chi connectivity index (χ3v) is 5.40. The molecule has 0 radical (unpaired) electrons. The van der Waals surface area contributed by atoms with Gasteiger partial charge in [-0.05, 0) is 82.4 Å². The Morgan fingerprint density at radius 2 is 1.69 bits per heavy atom. The van der Waals surface area contributed by atoms with Gasteiger partial charge in [-0.3, -0.25) is 9.59 Å². The molecule has 3 aromatic rings. The number of halogens is 1. The van der Waals surface area contributed by atoms with Crippen molar-refractivity contribution in [2.45, 2.75) is 32.6 Å². The predicted octanol–water partition coefficient (Wildman–Crippen LogP) is 6.59. The van der Waals surface area contributed by atoms with Gasteiger partial charge in [0, 0.05) is 17.7 Å². The van der Waals surface area contributed by atoms with Gasteiger partial charge >= 0.3 is 5.97 Å². The second-order valence-corrected chi connectivity index (χ2v) is 8.47. The molecular weight excluding hydrogens is 470 g/mol. The van der Waals surface area contributed by atoms with Crippen LogP contribution >= 0.6 is 15.9 Å². The Balaban J connectivity index is 1.42. The molecule has 0 bridgehead atoms. The van der Waals surface area contributed by atoms with Gasteiger partial charge in [-0.15, -0.1) is 0 Å². The number of hydrogen-bond acceptors (Lipinski definition) is 4. The second kappa shape index (κ2) is 11.5. The molecule has 0 unspecified atom stereocenters. The molecule has 166 valence electrons. The lowest BCUT2D eigenvalue weighted by Crippen LogP contribution is -2.12. The van der Waals surface area contributed by atoms with Crippen LogP contribution in [0.5, 0.6) is 11.5 Å². The molecule has 0 spiro atoms. The third-order valence-electron chi connectivity index (χ3n) is 4.79. The lowest BCUT2D eigenvalue weighted by molar-refractivity contribution is -0.134. The first-order valence-electron chi connectivity index (χ1n) is 10.5. The lowest BCUT2D eigenvalue weighted by atomic mass is 10.0. The highest BCUT2D eigenvalue weighted by molar-refractivity contribution is 9.10. The van der Waals surface area contributed by atoms with E-state index in [9.17, 15) is 9.59 Å². The van der Waals surface area contributed by atoms with E-state index >= 15 is 0 Å². The molecule has 0 fully saturated rings. The molecule has 3 aromatic carbocycles. The molecule has 6 heteroatoms. The third kappa shape index (κ3) is 6.95. The summed E-state index contributed by atoms with van der Waals surface area (Å²) in [7, 11) is 0. The van der Waals surface area contributed by atoms with Crippen LogP contribution in [0.4, 0.5) is 5.69 Å². The number of hydrogen-bond donors (Lipinski definition) is 1. The molecule has 0 aliphatic carbocycles. The van der Waals surface area contributed by atoms with Gasteiger partial charge in [-0.2, -0.15) is 0 Å². The first-order valence-corrected chi connectivity index (χ1v) is 11.3. The Hall–Kier alpha value is -3.12. The van der Waals surface area contributed by atoms with Gasteiger partial charge in [0.15, 0.2) is 0 Å². The molecule has 1 amide bonds. The Morgan fingerprint density at radius 1 is 0.969 bits per heavy atom. The number of anilines is 1. The summed E-state index contributed by atoms with van der Waals surface area (Å²) >= 11 is 3.53. The summed E-state index contributed by atoms with van der Waals surface area (Å²) in [6.07, 6.45) is 0.771. The van der Waals surface area contributed by atoms with Crippen LogP contribution in [0.1, 0.15) is 48.5 Å². The first kappa shape index (κ1) is 23.5. The minimum atomic E-state index is -0.343. The quantitative estimate of drug-likeness (QED) is 0.206. The van der Waals surface area contributed by atoms with E-state index in [-0.39, 0.29) is 18.3 Å². The monoisotopic (exact) mass is 495 g/mol. The van der Waals surface area contributed by atoms with Crippen LogP contribution in [-0.2, 0) is 4.79 Å². The molecule has 0 saturated carbocycles. The van der Waals surface area contributed by atoms with E-state index < -0.39 is 0 Å². The minimum absolute atomic E-state index is 0.223. The van der Waals surface area contributed by atoms with Crippen molar-refractivity contribution in [1.29, 1.82) is 0 Å². The number of benzene rings is 3. The van der Waals surface area contributed by atoms with E-state index in [4.69, 9.17) is 9.47 Å². The molecule has 0 aliphatic heterocycles.